The number of halogens is 1. The van der Waals surface area contributed by atoms with Crippen LogP contribution in [0.3, 0.4) is 0 Å². The van der Waals surface area contributed by atoms with Gasteiger partial charge in [-0.15, -0.1) is 0 Å². The third kappa shape index (κ3) is 4.08. The number of benzene rings is 1. The Kier molecular flexibility index (Phi) is 5.36. The molecule has 0 aliphatic heterocycles. The Labute approximate surface area is 141 Å². The van der Waals surface area contributed by atoms with Gasteiger partial charge in [-0.25, -0.2) is 4.98 Å². The predicted octanol–water partition coefficient (Wildman–Crippen LogP) is 3.62. The van der Waals surface area contributed by atoms with E-state index in [1.54, 1.807) is 31.0 Å². The molecule has 2 rings (SSSR count). The highest BCUT2D eigenvalue weighted by Crippen LogP contribution is 2.14. The Bertz CT molecular complexity index is 750. The van der Waals surface area contributed by atoms with Crippen molar-refractivity contribution >= 4 is 17.5 Å². The Balaban J connectivity index is 2.10. The molecule has 0 fully saturated rings. The minimum atomic E-state index is -0.154. The molecule has 2 aromatic rings. The maximum atomic E-state index is 12.5. The largest absolute Gasteiger partial charge is 0.337 e. The monoisotopic (exact) mass is 327 g/mol. The van der Waals surface area contributed by atoms with Crippen molar-refractivity contribution in [3.8, 4) is 6.07 Å². The maximum absolute atomic E-state index is 12.5. The van der Waals surface area contributed by atoms with Gasteiger partial charge in [0.05, 0.1) is 11.3 Å². The molecule has 1 amide bonds. The summed E-state index contributed by atoms with van der Waals surface area (Å²) in [5, 5.41) is 9.63. The van der Waals surface area contributed by atoms with Gasteiger partial charge in [0.15, 0.2) is 0 Å². The van der Waals surface area contributed by atoms with Gasteiger partial charge in [0, 0.05) is 18.1 Å². The molecule has 0 saturated heterocycles. The zero-order chi connectivity index (χ0) is 17.0. The summed E-state index contributed by atoms with van der Waals surface area (Å²) in [7, 11) is 1.76. The fraction of sp³-hybridized carbons (Fsp3) is 0.278. The van der Waals surface area contributed by atoms with Gasteiger partial charge < -0.3 is 4.90 Å². The van der Waals surface area contributed by atoms with E-state index in [0.717, 1.165) is 12.0 Å². The lowest BCUT2D eigenvalue weighted by atomic mass is 10.1. The summed E-state index contributed by atoms with van der Waals surface area (Å²) >= 11 is 5.89. The molecule has 1 aromatic heterocycles. The van der Waals surface area contributed by atoms with Gasteiger partial charge in [-0.05, 0) is 50.1 Å². The first kappa shape index (κ1) is 17.0. The molecule has 5 heteroatoms. The van der Waals surface area contributed by atoms with Crippen molar-refractivity contribution in [2.45, 2.75) is 26.3 Å². The van der Waals surface area contributed by atoms with Crippen LogP contribution in [0.1, 0.15) is 34.2 Å². The lowest BCUT2D eigenvalue weighted by molar-refractivity contribution is 0.0737. The number of carbonyl (C=O) groups is 1. The van der Waals surface area contributed by atoms with Gasteiger partial charge in [0.1, 0.15) is 11.8 Å². The molecule has 0 spiro atoms. The number of rotatable bonds is 4. The zero-order valence-corrected chi connectivity index (χ0v) is 14.1. The second-order valence-corrected chi connectivity index (χ2v) is 5.97. The quantitative estimate of drug-likeness (QED) is 0.861. The van der Waals surface area contributed by atoms with Crippen LogP contribution in [0.25, 0.3) is 0 Å². The number of hydrogen-bond acceptors (Lipinski definition) is 3. The average Bonchev–Trinajstić information content (AvgIpc) is 2.55. The van der Waals surface area contributed by atoms with Crippen LogP contribution in [0.4, 0.5) is 0 Å². The molecule has 0 aliphatic carbocycles. The van der Waals surface area contributed by atoms with E-state index in [1.165, 1.54) is 0 Å². The molecule has 0 aliphatic rings. The molecular weight excluding hydrogens is 310 g/mol. The molecule has 1 heterocycles. The van der Waals surface area contributed by atoms with Gasteiger partial charge >= 0.3 is 0 Å². The average molecular weight is 328 g/mol. The molecule has 1 unspecified atom stereocenters. The van der Waals surface area contributed by atoms with E-state index in [1.807, 2.05) is 31.2 Å². The molecule has 0 saturated carbocycles. The van der Waals surface area contributed by atoms with Crippen LogP contribution in [0.2, 0.25) is 5.02 Å². The first-order valence-corrected chi connectivity index (χ1v) is 7.69. The highest BCUT2D eigenvalue weighted by molar-refractivity contribution is 6.30. The number of amides is 1. The lowest BCUT2D eigenvalue weighted by Gasteiger charge is -2.25. The van der Waals surface area contributed by atoms with Gasteiger partial charge in [-0.1, -0.05) is 23.7 Å². The smallest absolute Gasteiger partial charge is 0.272 e. The van der Waals surface area contributed by atoms with Crippen LogP contribution in [0, 0.1) is 18.3 Å². The number of nitriles is 1. The van der Waals surface area contributed by atoms with Crippen molar-refractivity contribution in [3.05, 3.63) is 63.9 Å². The van der Waals surface area contributed by atoms with Gasteiger partial charge in [0.2, 0.25) is 0 Å². The van der Waals surface area contributed by atoms with Gasteiger partial charge in [0.25, 0.3) is 5.91 Å². The minimum Gasteiger partial charge on any atom is -0.337 e. The number of aromatic nitrogens is 1. The van der Waals surface area contributed by atoms with Gasteiger partial charge in [-0.2, -0.15) is 5.26 Å². The number of carbonyl (C=O) groups excluding carboxylic acids is 1. The van der Waals surface area contributed by atoms with E-state index in [2.05, 4.69) is 11.1 Å². The van der Waals surface area contributed by atoms with Crippen molar-refractivity contribution in [1.82, 2.24) is 9.88 Å². The van der Waals surface area contributed by atoms with Crippen molar-refractivity contribution in [2.24, 2.45) is 0 Å². The van der Waals surface area contributed by atoms with E-state index < -0.39 is 0 Å². The van der Waals surface area contributed by atoms with Crippen molar-refractivity contribution < 1.29 is 4.79 Å². The highest BCUT2D eigenvalue weighted by atomic mass is 35.5. The number of hydrogen-bond donors (Lipinski definition) is 0. The molecule has 118 valence electrons. The first-order chi connectivity index (χ1) is 10.9. The standard InChI is InChI=1S/C18H18ClN3O/c1-12(10-14-4-7-16(19)8-5-14)22(3)18(23)17-9-6-15(11-20)13(2)21-17/h4-9,12H,10H2,1-3H3. The Morgan fingerprint density at radius 1 is 1.30 bits per heavy atom. The van der Waals surface area contributed by atoms with Gasteiger partial charge in [-0.3, -0.25) is 4.79 Å². The molecule has 0 radical (unpaired) electrons. The van der Waals surface area contributed by atoms with Crippen LogP contribution in [0.15, 0.2) is 36.4 Å². The molecular formula is C18H18ClN3O. The fourth-order valence-electron chi connectivity index (χ4n) is 2.28. The van der Waals surface area contributed by atoms with Crippen molar-refractivity contribution in [1.29, 1.82) is 5.26 Å². The number of aryl methyl sites for hydroxylation is 1. The molecule has 23 heavy (non-hydrogen) atoms. The lowest BCUT2D eigenvalue weighted by Crippen LogP contribution is -2.37. The summed E-state index contributed by atoms with van der Waals surface area (Å²) in [4.78, 5) is 18.4. The SMILES string of the molecule is Cc1nc(C(=O)N(C)C(C)Cc2ccc(Cl)cc2)ccc1C#N. The van der Waals surface area contributed by atoms with Crippen LogP contribution < -0.4 is 0 Å². The molecule has 1 aromatic carbocycles. The van der Waals surface area contributed by atoms with E-state index in [4.69, 9.17) is 16.9 Å². The molecule has 1 atom stereocenters. The normalized spacial score (nSPS) is 11.6. The molecule has 0 bridgehead atoms. The third-order valence-electron chi connectivity index (χ3n) is 3.85. The first-order valence-electron chi connectivity index (χ1n) is 7.31. The third-order valence-corrected chi connectivity index (χ3v) is 4.10. The Hall–Kier alpha value is -2.38. The second kappa shape index (κ2) is 7.26. The Morgan fingerprint density at radius 3 is 2.52 bits per heavy atom. The van der Waals surface area contributed by atoms with E-state index in [-0.39, 0.29) is 11.9 Å². The van der Waals surface area contributed by atoms with E-state index in [9.17, 15) is 4.79 Å². The van der Waals surface area contributed by atoms with Crippen molar-refractivity contribution in [2.75, 3.05) is 7.05 Å². The summed E-state index contributed by atoms with van der Waals surface area (Å²) in [5.41, 5.74) is 2.52. The summed E-state index contributed by atoms with van der Waals surface area (Å²) in [6, 6.07) is 12.9. The van der Waals surface area contributed by atoms with Crippen molar-refractivity contribution in [3.63, 3.8) is 0 Å². The van der Waals surface area contributed by atoms with Crippen LogP contribution in [-0.2, 0) is 6.42 Å². The summed E-state index contributed by atoms with van der Waals surface area (Å²) in [6.45, 7) is 3.72. The number of pyridine rings is 1. The minimum absolute atomic E-state index is 0.0152. The predicted molar refractivity (Wildman–Crippen MR) is 90.4 cm³/mol. The number of nitrogens with zero attached hydrogens (tertiary/aromatic N) is 3. The fourth-order valence-corrected chi connectivity index (χ4v) is 2.40. The number of likely N-dealkylation sites (N-methyl/N-ethyl adjacent to an activating group) is 1. The van der Waals surface area contributed by atoms with E-state index >= 15 is 0 Å². The van der Waals surface area contributed by atoms with Crippen LogP contribution in [0.5, 0.6) is 0 Å². The van der Waals surface area contributed by atoms with E-state index in [0.29, 0.717) is 22.0 Å². The summed E-state index contributed by atoms with van der Waals surface area (Å²) in [5.74, 6) is -0.154. The topological polar surface area (TPSA) is 57.0 Å². The van der Waals surface area contributed by atoms with Crippen LogP contribution >= 0.6 is 11.6 Å². The molecule has 4 nitrogen and oxygen atoms in total. The maximum Gasteiger partial charge on any atom is 0.272 e. The van der Waals surface area contributed by atoms with Crippen LogP contribution in [-0.4, -0.2) is 28.9 Å². The second-order valence-electron chi connectivity index (χ2n) is 5.54. The molecule has 0 N–H and O–H groups in total. The Morgan fingerprint density at radius 2 is 1.96 bits per heavy atom. The zero-order valence-electron chi connectivity index (χ0n) is 13.4. The summed E-state index contributed by atoms with van der Waals surface area (Å²) in [6.07, 6.45) is 0.731. The highest BCUT2D eigenvalue weighted by Gasteiger charge is 2.19. The summed E-state index contributed by atoms with van der Waals surface area (Å²) < 4.78 is 0.